The van der Waals surface area contributed by atoms with Crippen LogP contribution >= 0.6 is 0 Å². The van der Waals surface area contributed by atoms with E-state index in [9.17, 15) is 4.79 Å². The molecule has 0 spiro atoms. The number of piperazine rings is 1. The van der Waals surface area contributed by atoms with E-state index in [-0.39, 0.29) is 5.91 Å². The zero-order valence-corrected chi connectivity index (χ0v) is 9.22. The van der Waals surface area contributed by atoms with Crippen molar-refractivity contribution in [1.29, 1.82) is 0 Å². The van der Waals surface area contributed by atoms with Crippen LogP contribution in [-0.4, -0.2) is 35.0 Å². The zero-order valence-electron chi connectivity index (χ0n) is 9.22. The van der Waals surface area contributed by atoms with Crippen LogP contribution in [0.1, 0.15) is 34.6 Å². The average molecular weight is 184 g/mol. The summed E-state index contributed by atoms with van der Waals surface area (Å²) >= 11 is 0. The van der Waals surface area contributed by atoms with Crippen molar-refractivity contribution in [2.45, 2.75) is 52.2 Å². The van der Waals surface area contributed by atoms with Gasteiger partial charge in [-0.15, -0.1) is 0 Å². The number of carbonyl (C=O) groups excluding carboxylic acids is 1. The Bertz CT molecular complexity index is 211. The van der Waals surface area contributed by atoms with Gasteiger partial charge in [-0.05, 0) is 34.6 Å². The lowest BCUT2D eigenvalue weighted by molar-refractivity contribution is -0.144. The zero-order chi connectivity index (χ0) is 10.2. The molecular formula is C10H20N2O. The second-order valence-corrected chi connectivity index (χ2v) is 4.66. The Balaban J connectivity index is 2.85. The van der Waals surface area contributed by atoms with Crippen molar-refractivity contribution in [2.24, 2.45) is 0 Å². The molecule has 0 saturated carbocycles. The van der Waals surface area contributed by atoms with E-state index in [0.717, 1.165) is 6.54 Å². The number of nitrogens with zero attached hydrogens (tertiary/aromatic N) is 1. The molecule has 0 aliphatic carbocycles. The number of nitrogens with one attached hydrogen (secondary N) is 1. The largest absolute Gasteiger partial charge is 0.335 e. The van der Waals surface area contributed by atoms with Crippen molar-refractivity contribution in [3.8, 4) is 0 Å². The second-order valence-electron chi connectivity index (χ2n) is 4.66. The van der Waals surface area contributed by atoms with E-state index in [1.807, 2.05) is 18.7 Å². The number of rotatable bonds is 1. The van der Waals surface area contributed by atoms with Crippen molar-refractivity contribution in [3.05, 3.63) is 0 Å². The first-order chi connectivity index (χ1) is 5.86. The molecule has 1 saturated heterocycles. The Morgan fingerprint density at radius 2 is 2.08 bits per heavy atom. The van der Waals surface area contributed by atoms with E-state index in [2.05, 4.69) is 26.1 Å². The average Bonchev–Trinajstić information content (AvgIpc) is 1.98. The van der Waals surface area contributed by atoms with Crippen LogP contribution in [0.5, 0.6) is 0 Å². The fraction of sp³-hybridized carbons (Fsp3) is 0.900. The highest BCUT2D eigenvalue weighted by Crippen LogP contribution is 2.18. The lowest BCUT2D eigenvalue weighted by atomic mass is 9.97. The molecular weight excluding hydrogens is 164 g/mol. The van der Waals surface area contributed by atoms with Gasteiger partial charge >= 0.3 is 0 Å². The first-order valence-electron chi connectivity index (χ1n) is 4.94. The van der Waals surface area contributed by atoms with Crippen molar-refractivity contribution in [2.75, 3.05) is 6.54 Å². The van der Waals surface area contributed by atoms with Crippen molar-refractivity contribution in [3.63, 3.8) is 0 Å². The number of hydrogen-bond donors (Lipinski definition) is 1. The SMILES string of the molecule is CC(C)N1C(=O)C(C)(C)NCC1C. The van der Waals surface area contributed by atoms with Gasteiger partial charge in [-0.25, -0.2) is 0 Å². The van der Waals surface area contributed by atoms with Crippen LogP contribution in [0.25, 0.3) is 0 Å². The minimum atomic E-state index is -0.392. The molecule has 1 N–H and O–H groups in total. The molecule has 0 aromatic carbocycles. The molecule has 0 aromatic rings. The van der Waals surface area contributed by atoms with E-state index in [0.29, 0.717) is 12.1 Å². The van der Waals surface area contributed by atoms with Crippen LogP contribution in [0.15, 0.2) is 0 Å². The third kappa shape index (κ3) is 1.85. The molecule has 1 atom stereocenters. The Kier molecular flexibility index (Phi) is 2.66. The molecule has 76 valence electrons. The van der Waals surface area contributed by atoms with E-state index in [4.69, 9.17) is 0 Å². The standard InChI is InChI=1S/C10H20N2O/c1-7(2)12-8(3)6-11-10(4,5)9(12)13/h7-8,11H,6H2,1-5H3. The molecule has 1 fully saturated rings. The smallest absolute Gasteiger partial charge is 0.242 e. The molecule has 1 unspecified atom stereocenters. The van der Waals surface area contributed by atoms with Gasteiger partial charge in [-0.3, -0.25) is 4.79 Å². The predicted octanol–water partition coefficient (Wildman–Crippen LogP) is 0.994. The summed E-state index contributed by atoms with van der Waals surface area (Å²) in [6.45, 7) is 11.0. The molecule has 3 heteroatoms. The maximum Gasteiger partial charge on any atom is 0.242 e. The molecule has 0 radical (unpaired) electrons. The van der Waals surface area contributed by atoms with Crippen LogP contribution < -0.4 is 5.32 Å². The van der Waals surface area contributed by atoms with Crippen LogP contribution in [0, 0.1) is 0 Å². The normalized spacial score (nSPS) is 28.3. The summed E-state index contributed by atoms with van der Waals surface area (Å²) in [7, 11) is 0. The number of amides is 1. The minimum absolute atomic E-state index is 0.209. The van der Waals surface area contributed by atoms with Gasteiger partial charge < -0.3 is 10.2 Å². The summed E-state index contributed by atoms with van der Waals surface area (Å²) in [6, 6.07) is 0.601. The number of hydrogen-bond acceptors (Lipinski definition) is 2. The maximum atomic E-state index is 12.0. The highest BCUT2D eigenvalue weighted by Gasteiger charge is 2.39. The lowest BCUT2D eigenvalue weighted by Crippen LogP contribution is -2.66. The molecule has 13 heavy (non-hydrogen) atoms. The third-order valence-corrected chi connectivity index (χ3v) is 2.64. The summed E-state index contributed by atoms with van der Waals surface area (Å²) in [5, 5.41) is 3.25. The van der Waals surface area contributed by atoms with Gasteiger partial charge in [0.2, 0.25) is 5.91 Å². The summed E-state index contributed by atoms with van der Waals surface area (Å²) in [4.78, 5) is 13.9. The molecule has 3 nitrogen and oxygen atoms in total. The monoisotopic (exact) mass is 184 g/mol. The Morgan fingerprint density at radius 1 is 1.54 bits per heavy atom. The maximum absolute atomic E-state index is 12.0. The van der Waals surface area contributed by atoms with Gasteiger partial charge in [0.25, 0.3) is 0 Å². The Hall–Kier alpha value is -0.570. The highest BCUT2D eigenvalue weighted by atomic mass is 16.2. The van der Waals surface area contributed by atoms with E-state index in [1.165, 1.54) is 0 Å². The van der Waals surface area contributed by atoms with Gasteiger partial charge in [-0.1, -0.05) is 0 Å². The second kappa shape index (κ2) is 3.29. The first kappa shape index (κ1) is 10.5. The summed E-state index contributed by atoms with van der Waals surface area (Å²) < 4.78 is 0. The van der Waals surface area contributed by atoms with E-state index < -0.39 is 5.54 Å². The van der Waals surface area contributed by atoms with Crippen molar-refractivity contribution >= 4 is 5.91 Å². The number of carbonyl (C=O) groups is 1. The topological polar surface area (TPSA) is 32.3 Å². The fourth-order valence-corrected chi connectivity index (χ4v) is 1.84. The van der Waals surface area contributed by atoms with E-state index in [1.54, 1.807) is 0 Å². The molecule has 1 aliphatic rings. The van der Waals surface area contributed by atoms with Crippen LogP contribution in [-0.2, 0) is 4.79 Å². The molecule has 0 aromatic heterocycles. The molecule has 1 aliphatic heterocycles. The summed E-state index contributed by atoms with van der Waals surface area (Å²) in [5.41, 5.74) is -0.392. The van der Waals surface area contributed by atoms with Crippen LogP contribution in [0.4, 0.5) is 0 Å². The molecule has 1 heterocycles. The van der Waals surface area contributed by atoms with Crippen molar-refractivity contribution < 1.29 is 4.79 Å². The predicted molar refractivity (Wildman–Crippen MR) is 53.5 cm³/mol. The van der Waals surface area contributed by atoms with Crippen LogP contribution in [0.2, 0.25) is 0 Å². The van der Waals surface area contributed by atoms with Gasteiger partial charge in [0.1, 0.15) is 0 Å². The lowest BCUT2D eigenvalue weighted by Gasteiger charge is -2.44. The highest BCUT2D eigenvalue weighted by molar-refractivity contribution is 5.86. The van der Waals surface area contributed by atoms with Gasteiger partial charge in [0.05, 0.1) is 5.54 Å². The quantitative estimate of drug-likeness (QED) is 0.659. The molecule has 1 amide bonds. The van der Waals surface area contributed by atoms with Crippen molar-refractivity contribution in [1.82, 2.24) is 10.2 Å². The third-order valence-electron chi connectivity index (χ3n) is 2.64. The molecule has 1 rings (SSSR count). The fourth-order valence-electron chi connectivity index (χ4n) is 1.84. The summed E-state index contributed by atoms with van der Waals surface area (Å²) in [6.07, 6.45) is 0. The Morgan fingerprint density at radius 3 is 2.46 bits per heavy atom. The minimum Gasteiger partial charge on any atom is -0.335 e. The van der Waals surface area contributed by atoms with Gasteiger partial charge in [0, 0.05) is 18.6 Å². The summed E-state index contributed by atoms with van der Waals surface area (Å²) in [5.74, 6) is 0.209. The first-order valence-corrected chi connectivity index (χ1v) is 4.94. The van der Waals surface area contributed by atoms with Crippen LogP contribution in [0.3, 0.4) is 0 Å². The van der Waals surface area contributed by atoms with Gasteiger partial charge in [-0.2, -0.15) is 0 Å². The molecule has 0 bridgehead atoms. The van der Waals surface area contributed by atoms with E-state index >= 15 is 0 Å². The van der Waals surface area contributed by atoms with Gasteiger partial charge in [0.15, 0.2) is 0 Å². The Labute approximate surface area is 80.5 Å².